The molecule has 24 heavy (non-hydrogen) atoms. The molecule has 0 saturated carbocycles. The van der Waals surface area contributed by atoms with Gasteiger partial charge in [-0.05, 0) is 47.7 Å². The molecule has 2 aromatic rings. The molecule has 0 aliphatic carbocycles. The summed E-state index contributed by atoms with van der Waals surface area (Å²) in [4.78, 5) is 0. The molecule has 0 aromatic heterocycles. The fraction of sp³-hybridized carbons (Fsp3) is 0.400. The van der Waals surface area contributed by atoms with Crippen molar-refractivity contribution in [3.05, 3.63) is 53.6 Å². The average Bonchev–Trinajstić information content (AvgIpc) is 2.59. The third-order valence-electron chi connectivity index (χ3n) is 3.65. The zero-order chi connectivity index (χ0) is 17.4. The first-order valence-electron chi connectivity index (χ1n) is 8.35. The summed E-state index contributed by atoms with van der Waals surface area (Å²) in [5.41, 5.74) is 3.32. The molecular weight excluding hydrogens is 302 g/mol. The van der Waals surface area contributed by atoms with E-state index >= 15 is 0 Å². The van der Waals surface area contributed by atoms with Crippen LogP contribution in [0.4, 0.5) is 5.69 Å². The van der Waals surface area contributed by atoms with Crippen LogP contribution in [0.25, 0.3) is 0 Å². The van der Waals surface area contributed by atoms with Crippen LogP contribution in [0.1, 0.15) is 25.0 Å². The van der Waals surface area contributed by atoms with E-state index in [1.165, 1.54) is 0 Å². The fourth-order valence-electron chi connectivity index (χ4n) is 2.32. The van der Waals surface area contributed by atoms with Gasteiger partial charge in [0, 0.05) is 18.8 Å². The van der Waals surface area contributed by atoms with Gasteiger partial charge < -0.3 is 19.9 Å². The Labute approximate surface area is 144 Å². The first-order chi connectivity index (χ1) is 11.6. The zero-order valence-corrected chi connectivity index (χ0v) is 14.7. The van der Waals surface area contributed by atoms with Crippen molar-refractivity contribution in [3.63, 3.8) is 0 Å². The number of hydrogen-bond donors (Lipinski definition) is 2. The molecule has 0 aliphatic rings. The van der Waals surface area contributed by atoms with Gasteiger partial charge in [0.05, 0.1) is 13.7 Å². The molecule has 130 valence electrons. The molecule has 0 bridgehead atoms. The number of rotatable bonds is 9. The van der Waals surface area contributed by atoms with E-state index in [2.05, 4.69) is 19.2 Å². The maximum atomic E-state index is 8.95. The standard InChI is InChI=1S/C20H27NO3/c1-15(2)14-24-20-12-17(6-9-19(20)23-3)13-21-18-7-4-16(5-8-18)10-11-22/h4-9,12,15,21-22H,10-11,13-14H2,1-3H3. The zero-order valence-electron chi connectivity index (χ0n) is 14.7. The number of benzene rings is 2. The van der Waals surface area contributed by atoms with E-state index in [1.54, 1.807) is 7.11 Å². The van der Waals surface area contributed by atoms with E-state index in [0.717, 1.165) is 28.3 Å². The third kappa shape index (κ3) is 5.46. The molecule has 2 aromatic carbocycles. The Bertz CT molecular complexity index is 623. The van der Waals surface area contributed by atoms with Crippen molar-refractivity contribution < 1.29 is 14.6 Å². The molecule has 2 rings (SSSR count). The molecule has 0 radical (unpaired) electrons. The van der Waals surface area contributed by atoms with E-state index in [-0.39, 0.29) is 6.61 Å². The Balaban J connectivity index is 1.99. The maximum Gasteiger partial charge on any atom is 0.161 e. The largest absolute Gasteiger partial charge is 0.493 e. The molecular formula is C20H27NO3. The average molecular weight is 329 g/mol. The van der Waals surface area contributed by atoms with Gasteiger partial charge in [0.25, 0.3) is 0 Å². The van der Waals surface area contributed by atoms with E-state index in [0.29, 0.717) is 25.5 Å². The predicted molar refractivity (Wildman–Crippen MR) is 97.9 cm³/mol. The van der Waals surface area contributed by atoms with E-state index in [4.69, 9.17) is 14.6 Å². The van der Waals surface area contributed by atoms with Gasteiger partial charge in [-0.3, -0.25) is 0 Å². The second-order valence-electron chi connectivity index (χ2n) is 6.21. The Morgan fingerprint density at radius 3 is 2.33 bits per heavy atom. The summed E-state index contributed by atoms with van der Waals surface area (Å²) >= 11 is 0. The number of methoxy groups -OCH3 is 1. The molecule has 0 saturated heterocycles. The first kappa shape index (κ1) is 18.1. The smallest absolute Gasteiger partial charge is 0.161 e. The summed E-state index contributed by atoms with van der Waals surface area (Å²) in [7, 11) is 1.66. The lowest BCUT2D eigenvalue weighted by atomic mass is 10.1. The highest BCUT2D eigenvalue weighted by Gasteiger charge is 2.07. The van der Waals surface area contributed by atoms with Gasteiger partial charge >= 0.3 is 0 Å². The molecule has 0 unspecified atom stereocenters. The minimum absolute atomic E-state index is 0.178. The van der Waals surface area contributed by atoms with Gasteiger partial charge in [-0.1, -0.05) is 32.0 Å². The van der Waals surface area contributed by atoms with Crippen LogP contribution in [-0.4, -0.2) is 25.4 Å². The Morgan fingerprint density at radius 2 is 1.71 bits per heavy atom. The Kier molecular flexibility index (Phi) is 6.94. The maximum absolute atomic E-state index is 8.95. The van der Waals surface area contributed by atoms with Crippen LogP contribution in [0.2, 0.25) is 0 Å². The van der Waals surface area contributed by atoms with Crippen LogP contribution >= 0.6 is 0 Å². The summed E-state index contributed by atoms with van der Waals surface area (Å²) in [5.74, 6) is 2.01. The lowest BCUT2D eigenvalue weighted by molar-refractivity contribution is 0.256. The lowest BCUT2D eigenvalue weighted by Crippen LogP contribution is -2.06. The summed E-state index contributed by atoms with van der Waals surface area (Å²) < 4.78 is 11.2. The SMILES string of the molecule is COc1ccc(CNc2ccc(CCO)cc2)cc1OCC(C)C. The van der Waals surface area contributed by atoms with Crippen molar-refractivity contribution >= 4 is 5.69 Å². The lowest BCUT2D eigenvalue weighted by Gasteiger charge is -2.14. The van der Waals surface area contributed by atoms with Crippen LogP contribution in [0, 0.1) is 5.92 Å². The topological polar surface area (TPSA) is 50.7 Å². The fourth-order valence-corrected chi connectivity index (χ4v) is 2.32. The van der Waals surface area contributed by atoms with Crippen LogP contribution in [0.3, 0.4) is 0 Å². The first-order valence-corrected chi connectivity index (χ1v) is 8.35. The van der Waals surface area contributed by atoms with Crippen molar-refractivity contribution in [2.24, 2.45) is 5.92 Å². The number of nitrogens with one attached hydrogen (secondary N) is 1. The summed E-state index contributed by atoms with van der Waals surface area (Å²) in [6.07, 6.45) is 0.690. The van der Waals surface area contributed by atoms with E-state index in [9.17, 15) is 0 Å². The Hall–Kier alpha value is -2.20. The number of aliphatic hydroxyl groups excluding tert-OH is 1. The Morgan fingerprint density at radius 1 is 1.00 bits per heavy atom. The number of anilines is 1. The second-order valence-corrected chi connectivity index (χ2v) is 6.21. The van der Waals surface area contributed by atoms with Gasteiger partial charge in [-0.2, -0.15) is 0 Å². The van der Waals surface area contributed by atoms with Crippen LogP contribution in [0.5, 0.6) is 11.5 Å². The molecule has 0 aliphatic heterocycles. The highest BCUT2D eigenvalue weighted by Crippen LogP contribution is 2.28. The molecule has 0 atom stereocenters. The van der Waals surface area contributed by atoms with Crippen LogP contribution in [-0.2, 0) is 13.0 Å². The van der Waals surface area contributed by atoms with Gasteiger partial charge in [0.1, 0.15) is 0 Å². The van der Waals surface area contributed by atoms with E-state index < -0.39 is 0 Å². The predicted octanol–water partition coefficient (Wildman–Crippen LogP) is 3.88. The van der Waals surface area contributed by atoms with Crippen molar-refractivity contribution in [2.45, 2.75) is 26.8 Å². The molecule has 0 fully saturated rings. The summed E-state index contributed by atoms with van der Waals surface area (Å²) in [5, 5.41) is 12.4. The minimum atomic E-state index is 0.178. The van der Waals surface area contributed by atoms with Crippen molar-refractivity contribution in [2.75, 3.05) is 25.6 Å². The van der Waals surface area contributed by atoms with Gasteiger partial charge in [-0.15, -0.1) is 0 Å². The number of ether oxygens (including phenoxy) is 2. The molecule has 0 heterocycles. The van der Waals surface area contributed by atoms with Crippen molar-refractivity contribution in [1.82, 2.24) is 0 Å². The second kappa shape index (κ2) is 9.18. The molecule has 0 spiro atoms. The summed E-state index contributed by atoms with van der Waals surface area (Å²) in [6, 6.07) is 14.1. The normalized spacial score (nSPS) is 10.7. The molecule has 4 nitrogen and oxygen atoms in total. The van der Waals surface area contributed by atoms with Crippen molar-refractivity contribution in [1.29, 1.82) is 0 Å². The quantitative estimate of drug-likeness (QED) is 0.733. The van der Waals surface area contributed by atoms with Crippen molar-refractivity contribution in [3.8, 4) is 11.5 Å². The third-order valence-corrected chi connectivity index (χ3v) is 3.65. The van der Waals surface area contributed by atoms with Crippen LogP contribution < -0.4 is 14.8 Å². The monoisotopic (exact) mass is 329 g/mol. The van der Waals surface area contributed by atoms with Gasteiger partial charge in [0.15, 0.2) is 11.5 Å². The minimum Gasteiger partial charge on any atom is -0.493 e. The highest BCUT2D eigenvalue weighted by molar-refractivity contribution is 5.47. The summed E-state index contributed by atoms with van der Waals surface area (Å²) in [6.45, 7) is 5.80. The van der Waals surface area contributed by atoms with Gasteiger partial charge in [0.2, 0.25) is 0 Å². The number of hydrogen-bond acceptors (Lipinski definition) is 4. The van der Waals surface area contributed by atoms with Crippen LogP contribution in [0.15, 0.2) is 42.5 Å². The molecule has 4 heteroatoms. The van der Waals surface area contributed by atoms with E-state index in [1.807, 2.05) is 42.5 Å². The highest BCUT2D eigenvalue weighted by atomic mass is 16.5. The number of aliphatic hydroxyl groups is 1. The van der Waals surface area contributed by atoms with Gasteiger partial charge in [-0.25, -0.2) is 0 Å². The molecule has 0 amide bonds. The molecule has 2 N–H and O–H groups in total.